The zero-order chi connectivity index (χ0) is 14.1. The summed E-state index contributed by atoms with van der Waals surface area (Å²) >= 11 is 1.53. The van der Waals surface area contributed by atoms with Gasteiger partial charge in [0.1, 0.15) is 5.92 Å². The molecule has 2 heterocycles. The fourth-order valence-electron chi connectivity index (χ4n) is 2.26. The number of aromatic nitrogens is 3. The summed E-state index contributed by atoms with van der Waals surface area (Å²) in [5, 5.41) is 16.8. The Bertz CT molecular complexity index is 636. The Morgan fingerprint density at radius 2 is 2.40 bits per heavy atom. The molecule has 0 saturated heterocycles. The van der Waals surface area contributed by atoms with Crippen LogP contribution in [0.1, 0.15) is 34.6 Å². The van der Waals surface area contributed by atoms with Crippen LogP contribution in [-0.2, 0) is 17.6 Å². The van der Waals surface area contributed by atoms with E-state index in [1.807, 2.05) is 0 Å². The predicted octanol–water partition coefficient (Wildman–Crippen LogP) is 1.60. The van der Waals surface area contributed by atoms with Crippen LogP contribution in [0.4, 0.5) is 5.13 Å². The predicted molar refractivity (Wildman–Crippen MR) is 72.0 cm³/mol. The van der Waals surface area contributed by atoms with Crippen LogP contribution in [0.5, 0.6) is 0 Å². The molecule has 2 aromatic heterocycles. The van der Waals surface area contributed by atoms with Gasteiger partial charge in [-0.25, -0.2) is 4.98 Å². The second-order valence-electron chi connectivity index (χ2n) is 4.67. The van der Waals surface area contributed by atoms with Gasteiger partial charge in [0, 0.05) is 17.8 Å². The molecule has 1 unspecified atom stereocenters. The van der Waals surface area contributed by atoms with Crippen molar-refractivity contribution in [3.05, 3.63) is 22.3 Å². The van der Waals surface area contributed by atoms with E-state index in [0.29, 0.717) is 31.1 Å². The summed E-state index contributed by atoms with van der Waals surface area (Å²) in [4.78, 5) is 20.7. The smallest absolute Gasteiger partial charge is 0.312 e. The molecule has 7 nitrogen and oxygen atoms in total. The van der Waals surface area contributed by atoms with Crippen LogP contribution in [0.3, 0.4) is 0 Å². The topological polar surface area (TPSA) is 101 Å². The molecule has 0 saturated carbocycles. The molecule has 0 radical (unpaired) electrons. The highest BCUT2D eigenvalue weighted by molar-refractivity contribution is 7.15. The summed E-state index contributed by atoms with van der Waals surface area (Å²) in [5.41, 5.74) is 0.721. The largest absolute Gasteiger partial charge is 0.481 e. The van der Waals surface area contributed by atoms with Crippen LogP contribution < -0.4 is 5.32 Å². The summed E-state index contributed by atoms with van der Waals surface area (Å²) in [7, 11) is 0. The molecule has 0 fully saturated rings. The van der Waals surface area contributed by atoms with E-state index in [-0.39, 0.29) is 0 Å². The first-order valence-corrected chi connectivity index (χ1v) is 7.20. The summed E-state index contributed by atoms with van der Waals surface area (Å²) in [6.07, 6.45) is 2.08. The molecule has 1 atom stereocenters. The number of nitrogens with one attached hydrogen (secondary N) is 1. The second-order valence-corrected chi connectivity index (χ2v) is 5.75. The molecule has 8 heteroatoms. The maximum Gasteiger partial charge on any atom is 0.312 e. The number of anilines is 1. The quantitative estimate of drug-likeness (QED) is 0.863. The molecule has 20 heavy (non-hydrogen) atoms. The number of rotatable bonds is 5. The SMILES string of the molecule is Cc1noc(CCNc2nc3c(s2)CCC3C(=O)O)n1. The van der Waals surface area contributed by atoms with Crippen LogP contribution in [0.15, 0.2) is 4.52 Å². The lowest BCUT2D eigenvalue weighted by Gasteiger charge is -2.02. The number of nitrogens with zero attached hydrogens (tertiary/aromatic N) is 3. The molecule has 3 rings (SSSR count). The van der Waals surface area contributed by atoms with Gasteiger partial charge in [-0.2, -0.15) is 4.98 Å². The van der Waals surface area contributed by atoms with Gasteiger partial charge >= 0.3 is 5.97 Å². The van der Waals surface area contributed by atoms with E-state index in [1.54, 1.807) is 6.92 Å². The molecule has 0 bridgehead atoms. The standard InChI is InChI=1S/C12H14N4O3S/c1-6-14-9(19-16-6)4-5-13-12-15-10-7(11(17)18)2-3-8(10)20-12/h7H,2-5H2,1H3,(H,13,15)(H,17,18). The normalized spacial score (nSPS) is 17.1. The summed E-state index contributed by atoms with van der Waals surface area (Å²) in [5.74, 6) is -0.0302. The number of hydrogen-bond acceptors (Lipinski definition) is 7. The van der Waals surface area contributed by atoms with Crippen LogP contribution in [0, 0.1) is 6.92 Å². The van der Waals surface area contributed by atoms with E-state index in [9.17, 15) is 4.79 Å². The molecule has 2 aromatic rings. The van der Waals surface area contributed by atoms with Crippen LogP contribution >= 0.6 is 11.3 Å². The van der Waals surface area contributed by atoms with Gasteiger partial charge in [-0.05, 0) is 19.8 Å². The van der Waals surface area contributed by atoms with Crippen molar-refractivity contribution >= 4 is 22.4 Å². The number of carbonyl (C=O) groups is 1. The van der Waals surface area contributed by atoms with Gasteiger partial charge in [0.25, 0.3) is 0 Å². The first-order chi connectivity index (χ1) is 9.63. The first-order valence-electron chi connectivity index (χ1n) is 6.39. The molecular formula is C12H14N4O3S. The number of hydrogen-bond donors (Lipinski definition) is 2. The van der Waals surface area contributed by atoms with Crippen molar-refractivity contribution in [2.45, 2.75) is 32.1 Å². The molecule has 0 aromatic carbocycles. The van der Waals surface area contributed by atoms with Crippen molar-refractivity contribution in [3.8, 4) is 0 Å². The molecule has 2 N–H and O–H groups in total. The Balaban J connectivity index is 1.59. The minimum atomic E-state index is -0.790. The van der Waals surface area contributed by atoms with Crippen LogP contribution in [-0.4, -0.2) is 32.7 Å². The minimum absolute atomic E-state index is 0.449. The van der Waals surface area contributed by atoms with E-state index in [4.69, 9.17) is 9.63 Å². The number of carboxylic acid groups (broad SMARTS) is 1. The van der Waals surface area contributed by atoms with Gasteiger partial charge in [-0.15, -0.1) is 11.3 Å². The molecule has 1 aliphatic carbocycles. The molecule has 0 amide bonds. The molecular weight excluding hydrogens is 280 g/mol. The number of carboxylic acids is 1. The van der Waals surface area contributed by atoms with Crippen LogP contribution in [0.2, 0.25) is 0 Å². The Hall–Kier alpha value is -1.96. The highest BCUT2D eigenvalue weighted by atomic mass is 32.1. The molecule has 1 aliphatic rings. The third-order valence-electron chi connectivity index (χ3n) is 3.20. The third-order valence-corrected chi connectivity index (χ3v) is 4.29. The Morgan fingerprint density at radius 3 is 3.10 bits per heavy atom. The Kier molecular flexibility index (Phi) is 3.39. The Labute approximate surface area is 119 Å². The summed E-state index contributed by atoms with van der Waals surface area (Å²) in [6.45, 7) is 2.41. The highest BCUT2D eigenvalue weighted by Gasteiger charge is 2.32. The van der Waals surface area contributed by atoms with Crippen molar-refractivity contribution in [2.75, 3.05) is 11.9 Å². The first kappa shape index (κ1) is 13.0. The summed E-state index contributed by atoms with van der Waals surface area (Å²) in [6, 6.07) is 0. The maximum atomic E-state index is 11.1. The fraction of sp³-hybridized carbons (Fsp3) is 0.500. The zero-order valence-electron chi connectivity index (χ0n) is 10.9. The van der Waals surface area contributed by atoms with Crippen molar-refractivity contribution in [3.63, 3.8) is 0 Å². The lowest BCUT2D eigenvalue weighted by molar-refractivity contribution is -0.138. The highest BCUT2D eigenvalue weighted by Crippen LogP contribution is 2.38. The molecule has 0 aliphatic heterocycles. The van der Waals surface area contributed by atoms with E-state index in [1.165, 1.54) is 11.3 Å². The van der Waals surface area contributed by atoms with Gasteiger partial charge < -0.3 is 14.9 Å². The van der Waals surface area contributed by atoms with Crippen molar-refractivity contribution in [1.82, 2.24) is 15.1 Å². The van der Waals surface area contributed by atoms with Gasteiger partial charge in [-0.3, -0.25) is 4.79 Å². The number of thiazole rings is 1. The lowest BCUT2D eigenvalue weighted by Crippen LogP contribution is -2.09. The second kappa shape index (κ2) is 5.20. The third kappa shape index (κ3) is 2.51. The van der Waals surface area contributed by atoms with Gasteiger partial charge in [0.05, 0.1) is 5.69 Å². The van der Waals surface area contributed by atoms with E-state index in [2.05, 4.69) is 20.4 Å². The van der Waals surface area contributed by atoms with Crippen molar-refractivity contribution in [2.24, 2.45) is 0 Å². The van der Waals surface area contributed by atoms with E-state index >= 15 is 0 Å². The van der Waals surface area contributed by atoms with Gasteiger partial charge in [-0.1, -0.05) is 5.16 Å². The van der Waals surface area contributed by atoms with Crippen molar-refractivity contribution < 1.29 is 14.4 Å². The van der Waals surface area contributed by atoms with E-state index < -0.39 is 11.9 Å². The lowest BCUT2D eigenvalue weighted by atomic mass is 10.1. The monoisotopic (exact) mass is 294 g/mol. The average molecular weight is 294 g/mol. The Morgan fingerprint density at radius 1 is 1.55 bits per heavy atom. The molecule has 106 valence electrons. The van der Waals surface area contributed by atoms with Gasteiger partial charge in [0.15, 0.2) is 11.0 Å². The average Bonchev–Trinajstić information content (AvgIpc) is 3.04. The molecule has 0 spiro atoms. The number of fused-ring (bicyclic) bond motifs is 1. The maximum absolute atomic E-state index is 11.1. The van der Waals surface area contributed by atoms with Gasteiger partial charge in [0.2, 0.25) is 5.89 Å². The van der Waals surface area contributed by atoms with Crippen LogP contribution in [0.25, 0.3) is 0 Å². The number of aliphatic carboxylic acids is 1. The number of aryl methyl sites for hydroxylation is 2. The van der Waals surface area contributed by atoms with Crippen molar-refractivity contribution in [1.29, 1.82) is 0 Å². The minimum Gasteiger partial charge on any atom is -0.481 e. The van der Waals surface area contributed by atoms with E-state index in [0.717, 1.165) is 22.1 Å². The summed E-state index contributed by atoms with van der Waals surface area (Å²) < 4.78 is 5.02. The fourth-order valence-corrected chi connectivity index (χ4v) is 3.33. The zero-order valence-corrected chi connectivity index (χ0v) is 11.7.